The predicted molar refractivity (Wildman–Crippen MR) is 94.8 cm³/mol. The first-order chi connectivity index (χ1) is 11.6. The van der Waals surface area contributed by atoms with Crippen molar-refractivity contribution in [2.24, 2.45) is 5.92 Å². The van der Waals surface area contributed by atoms with Gasteiger partial charge >= 0.3 is 0 Å². The highest BCUT2D eigenvalue weighted by molar-refractivity contribution is 5.75. The standard InChI is InChI=1S/C20H21N3O/c1-14-8-9-16(3)19(10-14)24-13-20-22-17-6-4-5-7-18(17)23(20)12-15(2)11-21/h4-10,15H,12-13H2,1-3H3. The summed E-state index contributed by atoms with van der Waals surface area (Å²) in [5.41, 5.74) is 4.25. The molecule has 1 heterocycles. The van der Waals surface area contributed by atoms with Crippen LogP contribution in [0.3, 0.4) is 0 Å². The average Bonchev–Trinajstić information content (AvgIpc) is 2.93. The van der Waals surface area contributed by atoms with Gasteiger partial charge in [0.2, 0.25) is 0 Å². The fourth-order valence-electron chi connectivity index (χ4n) is 2.76. The number of aryl methyl sites for hydroxylation is 2. The lowest BCUT2D eigenvalue weighted by molar-refractivity contribution is 0.286. The zero-order valence-corrected chi connectivity index (χ0v) is 14.3. The van der Waals surface area contributed by atoms with E-state index in [-0.39, 0.29) is 5.92 Å². The van der Waals surface area contributed by atoms with E-state index in [4.69, 9.17) is 15.0 Å². The van der Waals surface area contributed by atoms with E-state index in [2.05, 4.69) is 29.7 Å². The molecule has 122 valence electrons. The van der Waals surface area contributed by atoms with Crippen molar-refractivity contribution < 1.29 is 4.74 Å². The molecular weight excluding hydrogens is 298 g/mol. The van der Waals surface area contributed by atoms with E-state index in [0.29, 0.717) is 13.2 Å². The SMILES string of the molecule is Cc1ccc(C)c(OCc2nc3ccccc3n2CC(C)C#N)c1. The van der Waals surface area contributed by atoms with Crippen LogP contribution in [-0.4, -0.2) is 9.55 Å². The van der Waals surface area contributed by atoms with E-state index in [1.165, 1.54) is 5.56 Å². The molecule has 4 heteroatoms. The number of para-hydroxylation sites is 2. The summed E-state index contributed by atoms with van der Waals surface area (Å²) >= 11 is 0. The van der Waals surface area contributed by atoms with Crippen LogP contribution in [0.4, 0.5) is 0 Å². The molecule has 4 nitrogen and oxygen atoms in total. The van der Waals surface area contributed by atoms with E-state index in [0.717, 1.165) is 28.2 Å². The second kappa shape index (κ2) is 6.76. The lowest BCUT2D eigenvalue weighted by Gasteiger charge is -2.13. The first kappa shape index (κ1) is 16.1. The van der Waals surface area contributed by atoms with Crippen LogP contribution < -0.4 is 4.74 Å². The molecule has 0 radical (unpaired) electrons. The molecule has 1 aromatic heterocycles. The smallest absolute Gasteiger partial charge is 0.148 e. The van der Waals surface area contributed by atoms with Gasteiger partial charge < -0.3 is 9.30 Å². The number of aromatic nitrogens is 2. The van der Waals surface area contributed by atoms with Crippen molar-refractivity contribution in [2.45, 2.75) is 33.9 Å². The highest BCUT2D eigenvalue weighted by Crippen LogP contribution is 2.22. The van der Waals surface area contributed by atoms with Crippen LogP contribution >= 0.6 is 0 Å². The molecule has 0 saturated carbocycles. The van der Waals surface area contributed by atoms with Crippen LogP contribution in [0.15, 0.2) is 42.5 Å². The van der Waals surface area contributed by atoms with E-state index in [1.54, 1.807) is 0 Å². The highest BCUT2D eigenvalue weighted by atomic mass is 16.5. The maximum atomic E-state index is 9.16. The quantitative estimate of drug-likeness (QED) is 0.700. The van der Waals surface area contributed by atoms with Crippen molar-refractivity contribution in [3.63, 3.8) is 0 Å². The van der Waals surface area contributed by atoms with Crippen LogP contribution in [0.2, 0.25) is 0 Å². The molecule has 1 unspecified atom stereocenters. The highest BCUT2D eigenvalue weighted by Gasteiger charge is 2.14. The Bertz CT molecular complexity index is 905. The Kier molecular flexibility index (Phi) is 4.52. The number of fused-ring (bicyclic) bond motifs is 1. The van der Waals surface area contributed by atoms with Crippen molar-refractivity contribution in [2.75, 3.05) is 0 Å². The maximum absolute atomic E-state index is 9.16. The van der Waals surface area contributed by atoms with Gasteiger partial charge in [-0.1, -0.05) is 24.3 Å². The second-order valence-corrected chi connectivity index (χ2v) is 6.22. The maximum Gasteiger partial charge on any atom is 0.148 e. The first-order valence-electron chi connectivity index (χ1n) is 8.12. The number of benzene rings is 2. The molecule has 0 aliphatic carbocycles. The summed E-state index contributed by atoms with van der Waals surface area (Å²) in [5.74, 6) is 1.64. The molecule has 24 heavy (non-hydrogen) atoms. The number of hydrogen-bond acceptors (Lipinski definition) is 3. The summed E-state index contributed by atoms with van der Waals surface area (Å²) < 4.78 is 8.11. The van der Waals surface area contributed by atoms with Crippen molar-refractivity contribution in [1.29, 1.82) is 5.26 Å². The number of rotatable bonds is 5. The van der Waals surface area contributed by atoms with Gasteiger partial charge in [0, 0.05) is 6.54 Å². The number of nitrogens with zero attached hydrogens (tertiary/aromatic N) is 3. The number of nitriles is 1. The summed E-state index contributed by atoms with van der Waals surface area (Å²) in [4.78, 5) is 4.70. The van der Waals surface area contributed by atoms with Gasteiger partial charge in [-0.05, 0) is 50.1 Å². The molecule has 0 aliphatic heterocycles. The molecule has 0 bridgehead atoms. The van der Waals surface area contributed by atoms with Gasteiger partial charge in [0.15, 0.2) is 0 Å². The summed E-state index contributed by atoms with van der Waals surface area (Å²) in [6.07, 6.45) is 0. The molecule has 2 aromatic carbocycles. The van der Waals surface area contributed by atoms with Gasteiger partial charge in [0.25, 0.3) is 0 Å². The Morgan fingerprint density at radius 3 is 2.79 bits per heavy atom. The topological polar surface area (TPSA) is 50.8 Å². The third-order valence-electron chi connectivity index (χ3n) is 4.11. The average molecular weight is 319 g/mol. The Hall–Kier alpha value is -2.80. The Morgan fingerprint density at radius 2 is 2.00 bits per heavy atom. The minimum Gasteiger partial charge on any atom is -0.485 e. The largest absolute Gasteiger partial charge is 0.485 e. The van der Waals surface area contributed by atoms with E-state index < -0.39 is 0 Å². The lowest BCUT2D eigenvalue weighted by Crippen LogP contribution is -2.12. The Labute approximate surface area is 142 Å². The third kappa shape index (κ3) is 3.26. The molecule has 3 aromatic rings. The summed E-state index contributed by atoms with van der Waals surface area (Å²) in [6.45, 7) is 7.01. The molecule has 0 spiro atoms. The summed E-state index contributed by atoms with van der Waals surface area (Å²) in [6, 6.07) is 16.5. The van der Waals surface area contributed by atoms with Crippen molar-refractivity contribution in [3.05, 3.63) is 59.4 Å². The van der Waals surface area contributed by atoms with E-state index >= 15 is 0 Å². The fraction of sp³-hybridized carbons (Fsp3) is 0.300. The van der Waals surface area contributed by atoms with Crippen LogP contribution in [0.25, 0.3) is 11.0 Å². The Morgan fingerprint density at radius 1 is 1.21 bits per heavy atom. The number of ether oxygens (including phenoxy) is 1. The molecular formula is C20H21N3O. The van der Waals surface area contributed by atoms with Gasteiger partial charge in [0.05, 0.1) is 23.0 Å². The van der Waals surface area contributed by atoms with Crippen LogP contribution in [0.1, 0.15) is 23.9 Å². The monoisotopic (exact) mass is 319 g/mol. The minimum absolute atomic E-state index is 0.0814. The van der Waals surface area contributed by atoms with Gasteiger partial charge in [-0.2, -0.15) is 5.26 Å². The van der Waals surface area contributed by atoms with Crippen LogP contribution in [-0.2, 0) is 13.2 Å². The van der Waals surface area contributed by atoms with E-state index in [1.807, 2.05) is 44.2 Å². The van der Waals surface area contributed by atoms with Crippen molar-refractivity contribution in [1.82, 2.24) is 9.55 Å². The summed E-state index contributed by atoms with van der Waals surface area (Å²) in [5, 5.41) is 9.16. The molecule has 0 saturated heterocycles. The van der Waals surface area contributed by atoms with Crippen LogP contribution in [0, 0.1) is 31.1 Å². The minimum atomic E-state index is -0.0814. The fourth-order valence-corrected chi connectivity index (χ4v) is 2.76. The van der Waals surface area contributed by atoms with E-state index in [9.17, 15) is 0 Å². The molecule has 0 fully saturated rings. The van der Waals surface area contributed by atoms with Crippen molar-refractivity contribution in [3.8, 4) is 11.8 Å². The molecule has 0 N–H and O–H groups in total. The van der Waals surface area contributed by atoms with Gasteiger partial charge in [0.1, 0.15) is 18.2 Å². The zero-order valence-electron chi connectivity index (χ0n) is 14.3. The second-order valence-electron chi connectivity index (χ2n) is 6.22. The van der Waals surface area contributed by atoms with Gasteiger partial charge in [-0.3, -0.25) is 0 Å². The summed E-state index contributed by atoms with van der Waals surface area (Å²) in [7, 11) is 0. The number of imidazole rings is 1. The third-order valence-corrected chi connectivity index (χ3v) is 4.11. The normalized spacial score (nSPS) is 12.1. The predicted octanol–water partition coefficient (Wildman–Crippen LogP) is 4.39. The Balaban J connectivity index is 1.92. The molecule has 0 aliphatic rings. The molecule has 3 rings (SSSR count). The molecule has 1 atom stereocenters. The zero-order chi connectivity index (χ0) is 17.1. The van der Waals surface area contributed by atoms with Crippen LogP contribution in [0.5, 0.6) is 5.75 Å². The van der Waals surface area contributed by atoms with Gasteiger partial charge in [-0.25, -0.2) is 4.98 Å². The van der Waals surface area contributed by atoms with Crippen molar-refractivity contribution >= 4 is 11.0 Å². The van der Waals surface area contributed by atoms with Gasteiger partial charge in [-0.15, -0.1) is 0 Å². The number of hydrogen-bond donors (Lipinski definition) is 0. The lowest BCUT2D eigenvalue weighted by atomic mass is 10.1. The molecule has 0 amide bonds. The first-order valence-corrected chi connectivity index (χ1v) is 8.12.